The highest BCUT2D eigenvalue weighted by molar-refractivity contribution is 7.10. The summed E-state index contributed by atoms with van der Waals surface area (Å²) in [6.45, 7) is 0.772. The van der Waals surface area contributed by atoms with Crippen LogP contribution in [0.1, 0.15) is 26.9 Å². The topological polar surface area (TPSA) is 20.3 Å². The molecular weight excluding hydrogens is 334 g/mol. The maximum Gasteiger partial charge on any atom is 0.247 e. The fraction of sp³-hybridized carbons (Fsp3) is 0.150. The standard InChI is InChI=1S/C20H17NOS2/c22-19(9-8-15-5-2-1-3-6-15)21-12-10-17-16(11-14-24-17)20(21)18-7-4-13-23-18/h1-9,11,13-14,20H,10,12H2/b9-8+/t20-/m1/s1. The number of fused-ring (bicyclic) bond motifs is 1. The Labute approximate surface area is 149 Å². The lowest BCUT2D eigenvalue weighted by atomic mass is 9.98. The van der Waals surface area contributed by atoms with Crippen LogP contribution >= 0.6 is 22.7 Å². The minimum atomic E-state index is 0.0490. The zero-order chi connectivity index (χ0) is 16.4. The zero-order valence-corrected chi connectivity index (χ0v) is 14.7. The molecule has 3 heterocycles. The third kappa shape index (κ3) is 2.95. The molecule has 0 spiro atoms. The molecule has 120 valence electrons. The van der Waals surface area contributed by atoms with Gasteiger partial charge in [-0.2, -0.15) is 0 Å². The second-order valence-electron chi connectivity index (χ2n) is 5.74. The summed E-state index contributed by atoms with van der Waals surface area (Å²) in [5.74, 6) is 0.0779. The van der Waals surface area contributed by atoms with Crippen molar-refractivity contribution < 1.29 is 4.79 Å². The van der Waals surface area contributed by atoms with Gasteiger partial charge in [0.15, 0.2) is 0 Å². The van der Waals surface area contributed by atoms with Crippen molar-refractivity contribution in [2.75, 3.05) is 6.54 Å². The van der Waals surface area contributed by atoms with Gasteiger partial charge in [0.1, 0.15) is 0 Å². The van der Waals surface area contributed by atoms with E-state index in [1.165, 1.54) is 15.3 Å². The number of benzene rings is 1. The Morgan fingerprint density at radius 1 is 1.04 bits per heavy atom. The summed E-state index contributed by atoms with van der Waals surface area (Å²) in [5.41, 5.74) is 2.34. The molecule has 4 rings (SSSR count). The molecule has 0 bridgehead atoms. The van der Waals surface area contributed by atoms with E-state index in [9.17, 15) is 4.79 Å². The number of carbonyl (C=O) groups excluding carboxylic acids is 1. The normalized spacial score (nSPS) is 17.2. The summed E-state index contributed by atoms with van der Waals surface area (Å²) in [7, 11) is 0. The van der Waals surface area contributed by atoms with Crippen molar-refractivity contribution in [3.8, 4) is 0 Å². The van der Waals surface area contributed by atoms with Crippen LogP contribution in [0.2, 0.25) is 0 Å². The van der Waals surface area contributed by atoms with E-state index in [2.05, 4.69) is 29.0 Å². The number of amides is 1. The van der Waals surface area contributed by atoms with Crippen LogP contribution in [-0.4, -0.2) is 17.4 Å². The Morgan fingerprint density at radius 3 is 2.71 bits per heavy atom. The lowest BCUT2D eigenvalue weighted by Crippen LogP contribution is -2.38. The van der Waals surface area contributed by atoms with Gasteiger partial charge in [-0.25, -0.2) is 0 Å². The minimum Gasteiger partial charge on any atom is -0.327 e. The number of nitrogens with zero attached hydrogens (tertiary/aromatic N) is 1. The van der Waals surface area contributed by atoms with E-state index >= 15 is 0 Å². The van der Waals surface area contributed by atoms with E-state index in [4.69, 9.17) is 0 Å². The molecule has 1 amide bonds. The Hall–Kier alpha value is -2.17. The van der Waals surface area contributed by atoms with E-state index in [1.54, 1.807) is 28.7 Å². The van der Waals surface area contributed by atoms with Crippen molar-refractivity contribution in [3.63, 3.8) is 0 Å². The maximum absolute atomic E-state index is 12.9. The van der Waals surface area contributed by atoms with Gasteiger partial charge in [0.25, 0.3) is 0 Å². The average molecular weight is 351 g/mol. The molecule has 4 heteroatoms. The van der Waals surface area contributed by atoms with Gasteiger partial charge in [0, 0.05) is 22.4 Å². The summed E-state index contributed by atoms with van der Waals surface area (Å²) in [5, 5.41) is 4.22. The van der Waals surface area contributed by atoms with E-state index in [1.807, 2.05) is 41.3 Å². The summed E-state index contributed by atoms with van der Waals surface area (Å²) >= 11 is 3.52. The fourth-order valence-corrected chi connectivity index (χ4v) is 4.89. The second kappa shape index (κ2) is 6.75. The molecule has 0 N–H and O–H groups in total. The van der Waals surface area contributed by atoms with Crippen LogP contribution in [0, 0.1) is 0 Å². The number of hydrogen-bond donors (Lipinski definition) is 0. The predicted molar refractivity (Wildman–Crippen MR) is 101 cm³/mol. The second-order valence-corrected chi connectivity index (χ2v) is 7.72. The van der Waals surface area contributed by atoms with Crippen LogP contribution in [-0.2, 0) is 11.2 Å². The lowest BCUT2D eigenvalue weighted by Gasteiger charge is -2.34. The molecular formula is C20H17NOS2. The molecule has 2 aromatic heterocycles. The highest BCUT2D eigenvalue weighted by Crippen LogP contribution is 2.39. The highest BCUT2D eigenvalue weighted by atomic mass is 32.1. The zero-order valence-electron chi connectivity index (χ0n) is 13.1. The van der Waals surface area contributed by atoms with Crippen LogP contribution in [0.3, 0.4) is 0 Å². The van der Waals surface area contributed by atoms with E-state index < -0.39 is 0 Å². The molecule has 1 aromatic carbocycles. The van der Waals surface area contributed by atoms with Gasteiger partial charge in [-0.1, -0.05) is 36.4 Å². The first-order valence-corrected chi connectivity index (χ1v) is 9.72. The van der Waals surface area contributed by atoms with Gasteiger partial charge in [-0.15, -0.1) is 22.7 Å². The Kier molecular flexibility index (Phi) is 4.32. The molecule has 3 aromatic rings. The largest absolute Gasteiger partial charge is 0.327 e. The van der Waals surface area contributed by atoms with Gasteiger partial charge in [0.2, 0.25) is 5.91 Å². The SMILES string of the molecule is O=C(/C=C/c1ccccc1)N1CCc2sccc2[C@@H]1c1cccs1. The smallest absolute Gasteiger partial charge is 0.247 e. The molecule has 0 saturated heterocycles. The Balaban J connectivity index is 1.64. The molecule has 0 fully saturated rings. The van der Waals surface area contributed by atoms with E-state index in [-0.39, 0.29) is 11.9 Å². The number of thiophene rings is 2. The van der Waals surface area contributed by atoms with Crippen LogP contribution in [0.25, 0.3) is 6.08 Å². The summed E-state index contributed by atoms with van der Waals surface area (Å²) < 4.78 is 0. The predicted octanol–water partition coefficient (Wildman–Crippen LogP) is 5.00. The van der Waals surface area contributed by atoms with Gasteiger partial charge >= 0.3 is 0 Å². The molecule has 1 aliphatic heterocycles. The molecule has 1 aliphatic rings. The van der Waals surface area contributed by atoms with Gasteiger partial charge in [-0.3, -0.25) is 4.79 Å². The van der Waals surface area contributed by atoms with Crippen LogP contribution < -0.4 is 0 Å². The van der Waals surface area contributed by atoms with Crippen LogP contribution in [0.15, 0.2) is 65.4 Å². The molecule has 0 aliphatic carbocycles. The third-order valence-electron chi connectivity index (χ3n) is 4.28. The summed E-state index contributed by atoms with van der Waals surface area (Å²) in [6, 6.07) is 16.4. The first kappa shape index (κ1) is 15.4. The van der Waals surface area contributed by atoms with Gasteiger partial charge < -0.3 is 4.90 Å². The van der Waals surface area contributed by atoms with Crippen molar-refractivity contribution in [2.45, 2.75) is 12.5 Å². The van der Waals surface area contributed by atoms with Crippen molar-refractivity contribution in [1.29, 1.82) is 0 Å². The minimum absolute atomic E-state index is 0.0490. The quantitative estimate of drug-likeness (QED) is 0.608. The van der Waals surface area contributed by atoms with Crippen molar-refractivity contribution in [3.05, 3.63) is 86.2 Å². The highest BCUT2D eigenvalue weighted by Gasteiger charge is 2.32. The molecule has 0 saturated carbocycles. The monoisotopic (exact) mass is 351 g/mol. The number of hydrogen-bond acceptors (Lipinski definition) is 3. The van der Waals surface area contributed by atoms with Crippen molar-refractivity contribution in [2.24, 2.45) is 0 Å². The maximum atomic E-state index is 12.9. The molecule has 24 heavy (non-hydrogen) atoms. The molecule has 2 nitrogen and oxygen atoms in total. The average Bonchev–Trinajstić information content (AvgIpc) is 3.31. The van der Waals surface area contributed by atoms with Crippen molar-refractivity contribution in [1.82, 2.24) is 4.90 Å². The third-order valence-corrected chi connectivity index (χ3v) is 6.20. The van der Waals surface area contributed by atoms with Crippen LogP contribution in [0.5, 0.6) is 0 Å². The Morgan fingerprint density at radius 2 is 1.92 bits per heavy atom. The fourth-order valence-electron chi connectivity index (χ4n) is 3.13. The summed E-state index contributed by atoms with van der Waals surface area (Å²) in [4.78, 5) is 17.5. The molecule has 0 unspecified atom stereocenters. The van der Waals surface area contributed by atoms with Crippen molar-refractivity contribution >= 4 is 34.7 Å². The summed E-state index contributed by atoms with van der Waals surface area (Å²) in [6.07, 6.45) is 4.55. The molecule has 1 atom stereocenters. The first-order chi connectivity index (χ1) is 11.8. The van der Waals surface area contributed by atoms with E-state index in [0.29, 0.717) is 0 Å². The molecule has 0 radical (unpaired) electrons. The van der Waals surface area contributed by atoms with Crippen LogP contribution in [0.4, 0.5) is 0 Å². The van der Waals surface area contributed by atoms with Gasteiger partial charge in [0.05, 0.1) is 6.04 Å². The van der Waals surface area contributed by atoms with E-state index in [0.717, 1.165) is 18.5 Å². The Bertz CT molecular complexity index is 849. The van der Waals surface area contributed by atoms with Gasteiger partial charge in [-0.05, 0) is 46.5 Å². The number of carbonyl (C=O) groups is 1. The first-order valence-electron chi connectivity index (χ1n) is 7.96. The lowest BCUT2D eigenvalue weighted by molar-refractivity contribution is -0.127. The number of rotatable bonds is 3.